The van der Waals surface area contributed by atoms with Crippen LogP contribution in [0.3, 0.4) is 0 Å². The van der Waals surface area contributed by atoms with Crippen molar-refractivity contribution in [1.82, 2.24) is 5.32 Å². The van der Waals surface area contributed by atoms with Crippen molar-refractivity contribution in [2.75, 3.05) is 0 Å². The van der Waals surface area contributed by atoms with Crippen molar-refractivity contribution in [1.29, 1.82) is 0 Å². The van der Waals surface area contributed by atoms with Crippen LogP contribution >= 0.6 is 0 Å². The minimum atomic E-state index is -1.08. The highest BCUT2D eigenvalue weighted by Crippen LogP contribution is 2.60. The van der Waals surface area contributed by atoms with E-state index >= 15 is 0 Å². The maximum atomic E-state index is 6.28. The van der Waals surface area contributed by atoms with Gasteiger partial charge in [0.05, 0.1) is 0 Å². The zero-order valence-corrected chi connectivity index (χ0v) is 9.67. The van der Waals surface area contributed by atoms with Gasteiger partial charge < -0.3 is 22.5 Å². The third-order valence-electron chi connectivity index (χ3n) is 3.52. The molecule has 1 saturated carbocycles. The van der Waals surface area contributed by atoms with E-state index in [-0.39, 0.29) is 5.41 Å². The number of rotatable bonds is 3. The summed E-state index contributed by atoms with van der Waals surface area (Å²) in [6.07, 6.45) is 1.48. The monoisotopic (exact) mass is 211 g/mol. The molecule has 5 nitrogen and oxygen atoms in total. The first-order valence-corrected chi connectivity index (χ1v) is 4.85. The van der Waals surface area contributed by atoms with Crippen LogP contribution in [0.4, 0.5) is 0 Å². The summed E-state index contributed by atoms with van der Waals surface area (Å²) in [6, 6.07) is 0. The highest BCUT2D eigenvalue weighted by atomic mass is 15.4. The van der Waals surface area contributed by atoms with Crippen LogP contribution in [0.2, 0.25) is 0 Å². The first kappa shape index (κ1) is 12.2. The fourth-order valence-electron chi connectivity index (χ4n) is 2.42. The Morgan fingerprint density at radius 3 is 1.93 bits per heavy atom. The maximum Gasteiger partial charge on any atom is 0.168 e. The largest absolute Gasteiger partial charge is 0.369 e. The normalized spacial score (nSPS) is 44.7. The smallest absolute Gasteiger partial charge is 0.168 e. The highest BCUT2D eigenvalue weighted by molar-refractivity contribution is 5.50. The Labute approximate surface area is 90.8 Å². The minimum Gasteiger partial charge on any atom is -0.369 e. The Bertz CT molecular complexity index is 307. The van der Waals surface area contributed by atoms with Gasteiger partial charge in [0.15, 0.2) is 5.66 Å². The molecule has 15 heavy (non-hydrogen) atoms. The standard InChI is InChI=1S/C10H21N5/c1-6-15-10(13)8(11,7(2,3)4)9(10,12)14-5/h6,15H,1,5,11-13H2,2-4H3. The number of nitrogens with one attached hydrogen (secondary N) is 1. The molecule has 7 N–H and O–H groups in total. The Hall–Kier alpha value is -0.910. The van der Waals surface area contributed by atoms with Gasteiger partial charge in [-0.2, -0.15) is 0 Å². The third kappa shape index (κ3) is 1.00. The van der Waals surface area contributed by atoms with E-state index in [9.17, 15) is 0 Å². The first-order valence-electron chi connectivity index (χ1n) is 4.85. The maximum absolute atomic E-state index is 6.28. The van der Waals surface area contributed by atoms with Crippen LogP contribution < -0.4 is 22.5 Å². The molecule has 3 unspecified atom stereocenters. The van der Waals surface area contributed by atoms with Crippen molar-refractivity contribution in [3.05, 3.63) is 12.8 Å². The van der Waals surface area contributed by atoms with Crippen molar-refractivity contribution < 1.29 is 0 Å². The lowest BCUT2D eigenvalue weighted by Crippen LogP contribution is -2.55. The van der Waals surface area contributed by atoms with Crippen molar-refractivity contribution in [2.24, 2.45) is 27.6 Å². The molecule has 5 heteroatoms. The second-order valence-corrected chi connectivity index (χ2v) is 5.14. The molecule has 0 bridgehead atoms. The molecule has 3 atom stereocenters. The molecule has 0 aromatic heterocycles. The van der Waals surface area contributed by atoms with Crippen molar-refractivity contribution in [2.45, 2.75) is 37.6 Å². The second-order valence-electron chi connectivity index (χ2n) is 5.14. The third-order valence-corrected chi connectivity index (χ3v) is 3.52. The molecule has 0 aromatic carbocycles. The SMILES string of the molecule is C=CNC1(N)C(N)(N=C)C1(N)C(C)(C)C. The van der Waals surface area contributed by atoms with Crippen LogP contribution in [0, 0.1) is 5.41 Å². The number of hydrogen-bond acceptors (Lipinski definition) is 5. The molecule has 1 fully saturated rings. The van der Waals surface area contributed by atoms with Gasteiger partial charge in [0.25, 0.3) is 0 Å². The van der Waals surface area contributed by atoms with Gasteiger partial charge >= 0.3 is 0 Å². The molecular weight excluding hydrogens is 190 g/mol. The van der Waals surface area contributed by atoms with Crippen LogP contribution in [0.5, 0.6) is 0 Å². The molecular formula is C10H21N5. The van der Waals surface area contributed by atoms with E-state index in [1.807, 2.05) is 20.8 Å². The Morgan fingerprint density at radius 2 is 1.73 bits per heavy atom. The van der Waals surface area contributed by atoms with Gasteiger partial charge in [0.2, 0.25) is 0 Å². The number of nitrogens with zero attached hydrogens (tertiary/aromatic N) is 1. The molecule has 0 spiro atoms. The fourth-order valence-corrected chi connectivity index (χ4v) is 2.42. The summed E-state index contributed by atoms with van der Waals surface area (Å²) in [5.41, 5.74) is 15.3. The molecule has 0 heterocycles. The van der Waals surface area contributed by atoms with E-state index in [0.29, 0.717) is 0 Å². The van der Waals surface area contributed by atoms with Gasteiger partial charge in [-0.25, -0.2) is 0 Å². The molecule has 1 aliphatic rings. The van der Waals surface area contributed by atoms with Crippen LogP contribution in [0.25, 0.3) is 0 Å². The van der Waals surface area contributed by atoms with Gasteiger partial charge in [-0.3, -0.25) is 4.99 Å². The fraction of sp³-hybridized carbons (Fsp3) is 0.700. The zero-order valence-electron chi connectivity index (χ0n) is 9.67. The molecule has 0 radical (unpaired) electrons. The van der Waals surface area contributed by atoms with Gasteiger partial charge in [0.1, 0.15) is 11.2 Å². The molecule has 1 rings (SSSR count). The van der Waals surface area contributed by atoms with Crippen LogP contribution in [0.1, 0.15) is 20.8 Å². The second kappa shape index (κ2) is 2.81. The topological polar surface area (TPSA) is 102 Å². The van der Waals surface area contributed by atoms with E-state index in [0.717, 1.165) is 0 Å². The van der Waals surface area contributed by atoms with Gasteiger partial charge in [-0.05, 0) is 18.3 Å². The highest BCUT2D eigenvalue weighted by Gasteiger charge is 2.87. The number of nitrogens with two attached hydrogens (primary N) is 3. The van der Waals surface area contributed by atoms with Crippen molar-refractivity contribution >= 4 is 6.72 Å². The van der Waals surface area contributed by atoms with E-state index in [4.69, 9.17) is 17.2 Å². The van der Waals surface area contributed by atoms with Crippen molar-refractivity contribution in [3.8, 4) is 0 Å². The molecule has 0 amide bonds. The summed E-state index contributed by atoms with van der Waals surface area (Å²) in [4.78, 5) is 3.89. The molecule has 86 valence electrons. The lowest BCUT2D eigenvalue weighted by atomic mass is 9.82. The van der Waals surface area contributed by atoms with Crippen LogP contribution in [-0.4, -0.2) is 23.6 Å². The number of aliphatic imine (C=N–C) groups is 1. The predicted molar refractivity (Wildman–Crippen MR) is 63.1 cm³/mol. The number of hydrogen-bond donors (Lipinski definition) is 4. The zero-order chi connectivity index (χ0) is 12.1. The minimum absolute atomic E-state index is 0.298. The quantitative estimate of drug-likeness (QED) is 0.373. The van der Waals surface area contributed by atoms with E-state index < -0.39 is 16.9 Å². The summed E-state index contributed by atoms with van der Waals surface area (Å²) in [5.74, 6) is 0. The average molecular weight is 211 g/mol. The summed E-state index contributed by atoms with van der Waals surface area (Å²) in [5, 5.41) is 2.89. The Morgan fingerprint density at radius 1 is 1.27 bits per heavy atom. The summed E-state index contributed by atoms with van der Waals surface area (Å²) in [6.45, 7) is 13.0. The van der Waals surface area contributed by atoms with Crippen LogP contribution in [-0.2, 0) is 0 Å². The van der Waals surface area contributed by atoms with E-state index in [1.165, 1.54) is 6.20 Å². The lowest BCUT2D eigenvalue weighted by molar-refractivity contribution is 0.247. The van der Waals surface area contributed by atoms with E-state index in [1.54, 1.807) is 0 Å². The van der Waals surface area contributed by atoms with Gasteiger partial charge in [-0.15, -0.1) is 0 Å². The van der Waals surface area contributed by atoms with Gasteiger partial charge in [-0.1, -0.05) is 27.4 Å². The lowest BCUT2D eigenvalue weighted by Gasteiger charge is -2.30. The average Bonchev–Trinajstić information content (AvgIpc) is 2.49. The Balaban J connectivity index is 3.23. The first-order chi connectivity index (χ1) is 6.62. The summed E-state index contributed by atoms with van der Waals surface area (Å²) in [7, 11) is 0. The molecule has 0 saturated heterocycles. The summed E-state index contributed by atoms with van der Waals surface area (Å²) >= 11 is 0. The molecule has 0 aliphatic heterocycles. The predicted octanol–water partition coefficient (Wildman–Crippen LogP) is -0.513. The Kier molecular flexibility index (Phi) is 2.28. The van der Waals surface area contributed by atoms with Crippen LogP contribution in [0.15, 0.2) is 17.8 Å². The van der Waals surface area contributed by atoms with E-state index in [2.05, 4.69) is 23.6 Å². The van der Waals surface area contributed by atoms with Gasteiger partial charge in [0, 0.05) is 0 Å². The molecule has 0 aromatic rings. The van der Waals surface area contributed by atoms with Crippen molar-refractivity contribution in [3.63, 3.8) is 0 Å². The summed E-state index contributed by atoms with van der Waals surface area (Å²) < 4.78 is 0. The molecule has 1 aliphatic carbocycles.